The van der Waals surface area contributed by atoms with Gasteiger partial charge in [-0.15, -0.1) is 0 Å². The number of rotatable bonds is 3. The first kappa shape index (κ1) is 14.1. The van der Waals surface area contributed by atoms with Crippen molar-refractivity contribution in [3.63, 3.8) is 0 Å². The molecule has 108 valence electrons. The number of hydrogen-bond acceptors (Lipinski definition) is 3. The van der Waals surface area contributed by atoms with Crippen molar-refractivity contribution in [2.75, 3.05) is 0 Å². The van der Waals surface area contributed by atoms with E-state index in [1.165, 1.54) is 11.1 Å². The van der Waals surface area contributed by atoms with Crippen LogP contribution in [0.2, 0.25) is 5.02 Å². The fourth-order valence-corrected chi connectivity index (χ4v) is 2.58. The Balaban J connectivity index is 1.58. The molecule has 1 heterocycles. The summed E-state index contributed by atoms with van der Waals surface area (Å²) < 4.78 is 5.38. The summed E-state index contributed by atoms with van der Waals surface area (Å²) in [5.41, 5.74) is 3.40. The Kier molecular flexibility index (Phi) is 4.23. The lowest BCUT2D eigenvalue weighted by Gasteiger charge is -2.24. The van der Waals surface area contributed by atoms with Crippen molar-refractivity contribution >= 4 is 17.6 Å². The number of halogens is 1. The summed E-state index contributed by atoms with van der Waals surface area (Å²) in [4.78, 5) is 12.1. The first-order chi connectivity index (χ1) is 10.2. The minimum absolute atomic E-state index is 0.209. The molecule has 1 aliphatic rings. The maximum Gasteiger partial charge on any atom is 0.323 e. The zero-order chi connectivity index (χ0) is 14.7. The highest BCUT2D eigenvalue weighted by atomic mass is 35.5. The Labute approximate surface area is 128 Å². The summed E-state index contributed by atoms with van der Waals surface area (Å²) in [5.74, 6) is -0.209. The van der Waals surface area contributed by atoms with Crippen molar-refractivity contribution in [3.05, 3.63) is 70.2 Å². The van der Waals surface area contributed by atoms with Gasteiger partial charge in [0.15, 0.2) is 0 Å². The largest absolute Gasteiger partial charge is 0.460 e. The van der Waals surface area contributed by atoms with E-state index >= 15 is 0 Å². The fourth-order valence-electron chi connectivity index (χ4n) is 2.46. The van der Waals surface area contributed by atoms with Gasteiger partial charge < -0.3 is 10.1 Å². The lowest BCUT2D eigenvalue weighted by atomic mass is 9.96. The highest BCUT2D eigenvalue weighted by Gasteiger charge is 2.25. The van der Waals surface area contributed by atoms with Crippen LogP contribution in [0.4, 0.5) is 0 Å². The molecule has 2 aromatic carbocycles. The molecule has 21 heavy (non-hydrogen) atoms. The van der Waals surface area contributed by atoms with Gasteiger partial charge in [-0.25, -0.2) is 0 Å². The maximum absolute atomic E-state index is 12.1. The second kappa shape index (κ2) is 6.29. The van der Waals surface area contributed by atoms with Crippen LogP contribution >= 0.6 is 11.6 Å². The van der Waals surface area contributed by atoms with Gasteiger partial charge in [0.1, 0.15) is 12.6 Å². The molecule has 1 N–H and O–H groups in total. The molecule has 3 nitrogen and oxygen atoms in total. The quantitative estimate of drug-likeness (QED) is 0.885. The molecule has 0 spiro atoms. The SMILES string of the molecule is O=C(OCc1ccc(Cl)cc1)[C@H]1Cc2ccccc2CN1. The van der Waals surface area contributed by atoms with Crippen LogP contribution in [-0.4, -0.2) is 12.0 Å². The molecule has 0 aliphatic carbocycles. The lowest BCUT2D eigenvalue weighted by Crippen LogP contribution is -2.42. The van der Waals surface area contributed by atoms with E-state index < -0.39 is 0 Å². The predicted octanol–water partition coefficient (Wildman–Crippen LogP) is 3.10. The number of nitrogens with one attached hydrogen (secondary N) is 1. The van der Waals surface area contributed by atoms with Crippen LogP contribution in [0.5, 0.6) is 0 Å². The van der Waals surface area contributed by atoms with Crippen LogP contribution in [0, 0.1) is 0 Å². The molecule has 0 unspecified atom stereocenters. The Hall–Kier alpha value is -1.84. The zero-order valence-electron chi connectivity index (χ0n) is 11.5. The van der Waals surface area contributed by atoms with Crippen molar-refractivity contribution in [3.8, 4) is 0 Å². The van der Waals surface area contributed by atoms with E-state index in [-0.39, 0.29) is 18.6 Å². The molecule has 0 saturated carbocycles. The van der Waals surface area contributed by atoms with Gasteiger partial charge in [-0.3, -0.25) is 4.79 Å². The molecule has 1 atom stereocenters. The molecular weight excluding hydrogens is 286 g/mol. The number of carbonyl (C=O) groups excluding carboxylic acids is 1. The van der Waals surface area contributed by atoms with E-state index in [2.05, 4.69) is 17.4 Å². The van der Waals surface area contributed by atoms with Crippen LogP contribution < -0.4 is 5.32 Å². The van der Waals surface area contributed by atoms with Gasteiger partial charge in [0.05, 0.1) is 0 Å². The molecule has 0 bridgehead atoms. The summed E-state index contributed by atoms with van der Waals surface area (Å²) in [6.45, 7) is 0.979. The predicted molar refractivity (Wildman–Crippen MR) is 82.0 cm³/mol. The van der Waals surface area contributed by atoms with Crippen molar-refractivity contribution < 1.29 is 9.53 Å². The van der Waals surface area contributed by atoms with E-state index in [0.29, 0.717) is 18.0 Å². The summed E-state index contributed by atoms with van der Waals surface area (Å²) in [6, 6.07) is 15.2. The molecule has 2 aromatic rings. The van der Waals surface area contributed by atoms with E-state index in [1.54, 1.807) is 12.1 Å². The molecule has 4 heteroatoms. The average molecular weight is 302 g/mol. The monoisotopic (exact) mass is 301 g/mol. The highest BCUT2D eigenvalue weighted by Crippen LogP contribution is 2.17. The number of fused-ring (bicyclic) bond motifs is 1. The Morgan fingerprint density at radius 3 is 2.62 bits per heavy atom. The third-order valence-corrected chi connectivity index (χ3v) is 3.91. The van der Waals surface area contributed by atoms with Crippen LogP contribution in [0.15, 0.2) is 48.5 Å². The summed E-state index contributed by atoms with van der Waals surface area (Å²) >= 11 is 5.83. The van der Waals surface area contributed by atoms with E-state index in [1.807, 2.05) is 24.3 Å². The normalized spacial score (nSPS) is 17.1. The minimum Gasteiger partial charge on any atom is -0.460 e. The summed E-state index contributed by atoms with van der Waals surface area (Å²) in [5, 5.41) is 3.90. The second-order valence-electron chi connectivity index (χ2n) is 5.14. The number of hydrogen-bond donors (Lipinski definition) is 1. The van der Waals surface area contributed by atoms with E-state index in [9.17, 15) is 4.79 Å². The van der Waals surface area contributed by atoms with Gasteiger partial charge in [-0.2, -0.15) is 0 Å². The van der Waals surface area contributed by atoms with Crippen molar-refractivity contribution in [2.45, 2.75) is 25.6 Å². The number of esters is 1. The Morgan fingerprint density at radius 2 is 1.86 bits per heavy atom. The topological polar surface area (TPSA) is 38.3 Å². The maximum atomic E-state index is 12.1. The van der Waals surface area contributed by atoms with Crippen LogP contribution in [0.25, 0.3) is 0 Å². The van der Waals surface area contributed by atoms with Gasteiger partial charge in [-0.1, -0.05) is 48.0 Å². The first-order valence-electron chi connectivity index (χ1n) is 6.93. The van der Waals surface area contributed by atoms with Crippen molar-refractivity contribution in [1.29, 1.82) is 0 Å². The van der Waals surface area contributed by atoms with Crippen LogP contribution in [0.1, 0.15) is 16.7 Å². The third-order valence-electron chi connectivity index (χ3n) is 3.66. The number of carbonyl (C=O) groups is 1. The molecule has 0 fully saturated rings. The average Bonchev–Trinajstić information content (AvgIpc) is 2.53. The molecule has 3 rings (SSSR count). The Bertz CT molecular complexity index is 639. The van der Waals surface area contributed by atoms with Gasteiger partial charge >= 0.3 is 5.97 Å². The lowest BCUT2D eigenvalue weighted by molar-refractivity contribution is -0.147. The highest BCUT2D eigenvalue weighted by molar-refractivity contribution is 6.30. The van der Waals surface area contributed by atoms with Crippen LogP contribution in [0.3, 0.4) is 0 Å². The van der Waals surface area contributed by atoms with Crippen molar-refractivity contribution in [2.24, 2.45) is 0 Å². The van der Waals surface area contributed by atoms with Gasteiger partial charge in [0.25, 0.3) is 0 Å². The standard InChI is InChI=1S/C17H16ClNO2/c18-15-7-5-12(6-8-15)11-21-17(20)16-9-13-3-1-2-4-14(13)10-19-16/h1-8,16,19H,9-11H2/t16-/m1/s1. The summed E-state index contributed by atoms with van der Waals surface area (Å²) in [7, 11) is 0. The smallest absolute Gasteiger partial charge is 0.323 e. The van der Waals surface area contributed by atoms with Gasteiger partial charge in [-0.05, 0) is 35.2 Å². The minimum atomic E-state index is -0.271. The Morgan fingerprint density at radius 1 is 1.14 bits per heavy atom. The van der Waals surface area contributed by atoms with Crippen molar-refractivity contribution in [1.82, 2.24) is 5.32 Å². The van der Waals surface area contributed by atoms with E-state index in [4.69, 9.17) is 16.3 Å². The first-order valence-corrected chi connectivity index (χ1v) is 7.31. The molecule has 0 amide bonds. The molecular formula is C17H16ClNO2. The second-order valence-corrected chi connectivity index (χ2v) is 5.58. The van der Waals surface area contributed by atoms with Gasteiger partial charge in [0.2, 0.25) is 0 Å². The van der Waals surface area contributed by atoms with Gasteiger partial charge in [0, 0.05) is 11.6 Å². The third kappa shape index (κ3) is 3.43. The van der Waals surface area contributed by atoms with E-state index in [0.717, 1.165) is 5.56 Å². The molecule has 0 saturated heterocycles. The zero-order valence-corrected chi connectivity index (χ0v) is 12.3. The molecule has 0 aromatic heterocycles. The number of benzene rings is 2. The molecule has 0 radical (unpaired) electrons. The van der Waals surface area contributed by atoms with Crippen LogP contribution in [-0.2, 0) is 29.1 Å². The summed E-state index contributed by atoms with van der Waals surface area (Å²) in [6.07, 6.45) is 0.676. The molecule has 1 aliphatic heterocycles. The number of ether oxygens (including phenoxy) is 1. The fraction of sp³-hybridized carbons (Fsp3) is 0.235.